The van der Waals surface area contributed by atoms with E-state index in [2.05, 4.69) is 20.8 Å². The highest BCUT2D eigenvalue weighted by Crippen LogP contribution is 2.13. The minimum absolute atomic E-state index is 0.308. The zero-order chi connectivity index (χ0) is 8.27. The first kappa shape index (κ1) is 8.52. The van der Waals surface area contributed by atoms with Gasteiger partial charge in [-0.15, -0.1) is 0 Å². The number of rotatable bonds is 2. The lowest BCUT2D eigenvalue weighted by molar-refractivity contribution is 0.938. The Morgan fingerprint density at radius 1 is 1.27 bits per heavy atom. The molecule has 0 fully saturated rings. The Kier molecular flexibility index (Phi) is 2.87. The summed E-state index contributed by atoms with van der Waals surface area (Å²) in [6, 6.07) is 1.46. The highest BCUT2D eigenvalue weighted by molar-refractivity contribution is 6.33. The van der Waals surface area contributed by atoms with E-state index in [0.29, 0.717) is 16.3 Å². The average molecular weight is 193 g/mol. The number of halogens is 2. The molecule has 0 unspecified atom stereocenters. The molecule has 1 rings (SSSR count). The van der Waals surface area contributed by atoms with Crippen molar-refractivity contribution in [3.8, 4) is 0 Å². The maximum atomic E-state index is 5.58. The van der Waals surface area contributed by atoms with E-state index in [4.69, 9.17) is 23.2 Å². The third kappa shape index (κ3) is 2.49. The molecule has 0 radical (unpaired) electrons. The first-order chi connectivity index (χ1) is 5.22. The van der Waals surface area contributed by atoms with Gasteiger partial charge in [0.05, 0.1) is 0 Å². The fraction of sp³-hybridized carbons (Fsp3) is 0.200. The van der Waals surface area contributed by atoms with Gasteiger partial charge in [-0.2, -0.15) is 9.97 Å². The van der Waals surface area contributed by atoms with Gasteiger partial charge in [0, 0.05) is 13.1 Å². The van der Waals surface area contributed by atoms with Crippen molar-refractivity contribution in [3.63, 3.8) is 0 Å². The van der Waals surface area contributed by atoms with Gasteiger partial charge in [0.2, 0.25) is 5.95 Å². The van der Waals surface area contributed by atoms with Crippen molar-refractivity contribution in [2.24, 2.45) is 0 Å². The van der Waals surface area contributed by atoms with Crippen molar-refractivity contribution in [1.29, 1.82) is 0 Å². The minimum atomic E-state index is 0.308. The smallest absolute Gasteiger partial charge is 0.240 e. The molecule has 1 heterocycles. The van der Waals surface area contributed by atoms with Gasteiger partial charge < -0.3 is 0 Å². The highest BCUT2D eigenvalue weighted by Gasteiger charge is 1.98. The van der Waals surface area contributed by atoms with E-state index in [0.717, 1.165) is 0 Å². The van der Waals surface area contributed by atoms with E-state index in [1.807, 2.05) is 0 Å². The Labute approximate surface area is 73.9 Å². The Morgan fingerprint density at radius 2 is 1.82 bits per heavy atom. The maximum Gasteiger partial charge on any atom is 0.240 e. The molecule has 0 saturated carbocycles. The Balaban J connectivity index is 2.89. The molecule has 1 aromatic heterocycles. The number of hydrogen-bond donors (Lipinski definition) is 2. The van der Waals surface area contributed by atoms with E-state index in [9.17, 15) is 0 Å². The maximum absolute atomic E-state index is 5.58. The summed E-state index contributed by atoms with van der Waals surface area (Å²) in [4.78, 5) is 7.64. The Hall–Kier alpha value is -0.580. The molecular weight excluding hydrogens is 187 g/mol. The van der Waals surface area contributed by atoms with E-state index in [-0.39, 0.29) is 0 Å². The van der Waals surface area contributed by atoms with Crippen LogP contribution in [0.15, 0.2) is 6.07 Å². The van der Waals surface area contributed by atoms with E-state index < -0.39 is 0 Å². The molecule has 0 aliphatic rings. The summed E-state index contributed by atoms with van der Waals surface area (Å²) in [5.74, 6) is 0.352. The molecule has 0 aliphatic carbocycles. The van der Waals surface area contributed by atoms with Crippen LogP contribution in [-0.4, -0.2) is 17.0 Å². The van der Waals surface area contributed by atoms with E-state index in [1.165, 1.54) is 6.07 Å². The molecule has 2 N–H and O–H groups in total. The standard InChI is InChI=1S/C5H6Cl2N4/c1-8-11-5-9-3(6)2-4(7)10-5/h2,8H,1H3,(H,9,10,11). The van der Waals surface area contributed by atoms with Gasteiger partial charge in [-0.05, 0) is 0 Å². The second kappa shape index (κ2) is 3.71. The van der Waals surface area contributed by atoms with Crippen LogP contribution in [0.3, 0.4) is 0 Å². The third-order valence-electron chi connectivity index (χ3n) is 0.900. The van der Waals surface area contributed by atoms with Gasteiger partial charge in [0.15, 0.2) is 0 Å². The quantitative estimate of drug-likeness (QED) is 0.549. The summed E-state index contributed by atoms with van der Waals surface area (Å²) in [7, 11) is 1.69. The van der Waals surface area contributed by atoms with Gasteiger partial charge in [0.25, 0.3) is 0 Å². The molecule has 0 amide bonds. The predicted octanol–water partition coefficient (Wildman–Crippen LogP) is 1.33. The van der Waals surface area contributed by atoms with Crippen molar-refractivity contribution in [2.45, 2.75) is 0 Å². The molecule has 4 nitrogen and oxygen atoms in total. The van der Waals surface area contributed by atoms with Crippen LogP contribution in [-0.2, 0) is 0 Å². The third-order valence-corrected chi connectivity index (χ3v) is 1.29. The average Bonchev–Trinajstić information content (AvgIpc) is 1.85. The molecule has 0 saturated heterocycles. The lowest BCUT2D eigenvalue weighted by Gasteiger charge is -2.01. The van der Waals surface area contributed by atoms with Crippen molar-refractivity contribution < 1.29 is 0 Å². The first-order valence-electron chi connectivity index (χ1n) is 2.85. The summed E-state index contributed by atoms with van der Waals surface area (Å²) >= 11 is 11.2. The lowest BCUT2D eigenvalue weighted by Crippen LogP contribution is -2.17. The zero-order valence-electron chi connectivity index (χ0n) is 5.73. The molecule has 0 aromatic carbocycles. The minimum Gasteiger partial charge on any atom is -0.290 e. The van der Waals surface area contributed by atoms with Gasteiger partial charge in [0.1, 0.15) is 10.3 Å². The van der Waals surface area contributed by atoms with Gasteiger partial charge >= 0.3 is 0 Å². The topological polar surface area (TPSA) is 49.8 Å². The van der Waals surface area contributed by atoms with Gasteiger partial charge in [-0.25, -0.2) is 5.43 Å². The monoisotopic (exact) mass is 192 g/mol. The van der Waals surface area contributed by atoms with E-state index >= 15 is 0 Å². The van der Waals surface area contributed by atoms with Gasteiger partial charge in [-0.1, -0.05) is 23.2 Å². The van der Waals surface area contributed by atoms with Gasteiger partial charge in [-0.3, -0.25) is 5.43 Å². The number of nitrogens with one attached hydrogen (secondary N) is 2. The van der Waals surface area contributed by atoms with Crippen LogP contribution in [0.4, 0.5) is 5.95 Å². The molecule has 0 aliphatic heterocycles. The number of nitrogens with zero attached hydrogens (tertiary/aromatic N) is 2. The summed E-state index contributed by atoms with van der Waals surface area (Å²) in [5.41, 5.74) is 5.29. The molecule has 0 atom stereocenters. The van der Waals surface area contributed by atoms with Crippen LogP contribution in [0, 0.1) is 0 Å². The van der Waals surface area contributed by atoms with Crippen LogP contribution in [0.5, 0.6) is 0 Å². The zero-order valence-corrected chi connectivity index (χ0v) is 7.24. The second-order valence-electron chi connectivity index (χ2n) is 1.71. The SMILES string of the molecule is CNNc1nc(Cl)cc(Cl)n1. The molecule has 60 valence electrons. The van der Waals surface area contributed by atoms with Crippen LogP contribution in [0.1, 0.15) is 0 Å². The van der Waals surface area contributed by atoms with Crippen molar-refractivity contribution in [2.75, 3.05) is 12.5 Å². The van der Waals surface area contributed by atoms with Crippen LogP contribution >= 0.6 is 23.2 Å². The summed E-state index contributed by atoms with van der Waals surface area (Å²) < 4.78 is 0. The fourth-order valence-electron chi connectivity index (χ4n) is 0.558. The van der Waals surface area contributed by atoms with E-state index in [1.54, 1.807) is 7.05 Å². The number of hydrogen-bond acceptors (Lipinski definition) is 4. The number of anilines is 1. The van der Waals surface area contributed by atoms with Crippen molar-refractivity contribution in [1.82, 2.24) is 15.4 Å². The summed E-state index contributed by atoms with van der Waals surface area (Å²) in [6.45, 7) is 0. The molecule has 11 heavy (non-hydrogen) atoms. The second-order valence-corrected chi connectivity index (χ2v) is 2.49. The Bertz CT molecular complexity index is 232. The molecule has 1 aromatic rings. The number of aromatic nitrogens is 2. The first-order valence-corrected chi connectivity index (χ1v) is 3.61. The fourth-order valence-corrected chi connectivity index (χ4v) is 0.981. The molecular formula is C5H6Cl2N4. The molecule has 6 heteroatoms. The summed E-state index contributed by atoms with van der Waals surface area (Å²) in [6.07, 6.45) is 0. The predicted molar refractivity (Wildman–Crippen MR) is 44.7 cm³/mol. The lowest BCUT2D eigenvalue weighted by atomic mass is 10.7. The van der Waals surface area contributed by atoms with Crippen LogP contribution in [0.25, 0.3) is 0 Å². The largest absolute Gasteiger partial charge is 0.290 e. The van der Waals surface area contributed by atoms with Crippen molar-refractivity contribution >= 4 is 29.2 Å². The molecule has 0 spiro atoms. The van der Waals surface area contributed by atoms with Crippen molar-refractivity contribution in [3.05, 3.63) is 16.4 Å². The highest BCUT2D eigenvalue weighted by atomic mass is 35.5. The van der Waals surface area contributed by atoms with Crippen LogP contribution < -0.4 is 10.9 Å². The Morgan fingerprint density at radius 3 is 2.27 bits per heavy atom. The number of hydrazine groups is 1. The molecule has 0 bridgehead atoms. The summed E-state index contributed by atoms with van der Waals surface area (Å²) in [5, 5.41) is 0.616. The normalized spacial score (nSPS) is 9.73. The van der Waals surface area contributed by atoms with Crippen LogP contribution in [0.2, 0.25) is 10.3 Å².